The molecule has 0 fully saturated rings. The van der Waals surface area contributed by atoms with Gasteiger partial charge < -0.3 is 14.8 Å². The summed E-state index contributed by atoms with van der Waals surface area (Å²) in [5.74, 6) is 0.592. The van der Waals surface area contributed by atoms with Crippen LogP contribution in [-0.4, -0.2) is 12.5 Å². The van der Waals surface area contributed by atoms with Crippen molar-refractivity contribution in [3.63, 3.8) is 0 Å². The highest BCUT2D eigenvalue weighted by atomic mass is 35.5. The van der Waals surface area contributed by atoms with Crippen molar-refractivity contribution in [2.24, 2.45) is 0 Å². The van der Waals surface area contributed by atoms with Crippen molar-refractivity contribution in [1.29, 1.82) is 5.26 Å². The molecule has 34 heavy (non-hydrogen) atoms. The molecule has 0 saturated carbocycles. The van der Waals surface area contributed by atoms with Gasteiger partial charge in [-0.15, -0.1) is 0 Å². The minimum absolute atomic E-state index is 0.00490. The number of carbonyl (C=O) groups is 1. The van der Waals surface area contributed by atoms with Gasteiger partial charge in [-0.1, -0.05) is 65.7 Å². The van der Waals surface area contributed by atoms with Crippen LogP contribution in [0.3, 0.4) is 0 Å². The molecule has 7 heteroatoms. The fourth-order valence-electron chi connectivity index (χ4n) is 3.21. The lowest BCUT2D eigenvalue weighted by Gasteiger charge is -2.14. The topological polar surface area (TPSA) is 71.3 Å². The molecule has 3 aromatic carbocycles. The molecule has 0 unspecified atom stereocenters. The van der Waals surface area contributed by atoms with Crippen molar-refractivity contribution in [3.05, 3.63) is 99.0 Å². The lowest BCUT2D eigenvalue weighted by molar-refractivity contribution is -0.117. The average molecular weight is 495 g/mol. The lowest BCUT2D eigenvalue weighted by atomic mass is 10.1. The first-order chi connectivity index (χ1) is 16.4. The molecule has 0 radical (unpaired) electrons. The maximum Gasteiger partial charge on any atom is 0.262 e. The Kier molecular flexibility index (Phi) is 8.98. The van der Waals surface area contributed by atoms with E-state index in [-0.39, 0.29) is 18.2 Å². The van der Waals surface area contributed by atoms with Crippen LogP contribution in [0.5, 0.6) is 11.5 Å². The molecule has 0 bridgehead atoms. The van der Waals surface area contributed by atoms with Gasteiger partial charge in [0.15, 0.2) is 11.5 Å². The van der Waals surface area contributed by atoms with E-state index < -0.39 is 5.91 Å². The third-order valence-corrected chi connectivity index (χ3v) is 5.71. The number of nitrogens with one attached hydrogen (secondary N) is 1. The number of hydrogen-bond acceptors (Lipinski definition) is 4. The van der Waals surface area contributed by atoms with Crippen molar-refractivity contribution in [2.75, 3.05) is 6.61 Å². The fraction of sp³-hybridized carbons (Fsp3) is 0.185. The lowest BCUT2D eigenvalue weighted by Crippen LogP contribution is -2.27. The Bertz CT molecular complexity index is 1220. The minimum atomic E-state index is -0.447. The molecule has 3 aromatic rings. The van der Waals surface area contributed by atoms with Crippen LogP contribution >= 0.6 is 23.2 Å². The molecule has 3 rings (SSSR count). The number of benzene rings is 3. The van der Waals surface area contributed by atoms with Crippen LogP contribution < -0.4 is 14.8 Å². The molecule has 1 atom stereocenters. The fourth-order valence-corrected chi connectivity index (χ4v) is 3.53. The number of nitriles is 1. The Labute approximate surface area is 209 Å². The van der Waals surface area contributed by atoms with Crippen LogP contribution in [0.25, 0.3) is 6.08 Å². The predicted octanol–water partition coefficient (Wildman–Crippen LogP) is 6.76. The van der Waals surface area contributed by atoms with Gasteiger partial charge in [-0.25, -0.2) is 0 Å². The Morgan fingerprint density at radius 3 is 2.47 bits per heavy atom. The number of ether oxygens (including phenoxy) is 2. The summed E-state index contributed by atoms with van der Waals surface area (Å²) in [7, 11) is 0. The van der Waals surface area contributed by atoms with E-state index in [1.54, 1.807) is 30.3 Å². The van der Waals surface area contributed by atoms with Crippen molar-refractivity contribution >= 4 is 35.2 Å². The largest absolute Gasteiger partial charge is 0.490 e. The molecule has 0 aliphatic heterocycles. The van der Waals surface area contributed by atoms with Crippen molar-refractivity contribution in [2.45, 2.75) is 26.5 Å². The maximum atomic E-state index is 12.7. The van der Waals surface area contributed by atoms with E-state index in [0.29, 0.717) is 33.7 Å². The first kappa shape index (κ1) is 25.2. The van der Waals surface area contributed by atoms with Crippen LogP contribution in [0.2, 0.25) is 10.0 Å². The SMILES string of the molecule is CCOc1cc(/C=C(\C#N)C(=O)N[C@@H](C)c2ccccc2)ccc1OCc1ccc(Cl)c(Cl)c1. The molecule has 174 valence electrons. The minimum Gasteiger partial charge on any atom is -0.490 e. The van der Waals surface area contributed by atoms with Gasteiger partial charge in [0.2, 0.25) is 0 Å². The molecule has 0 aliphatic rings. The van der Waals surface area contributed by atoms with Crippen LogP contribution in [0.15, 0.2) is 72.3 Å². The molecule has 0 aromatic heterocycles. The molecule has 0 aliphatic carbocycles. The van der Waals surface area contributed by atoms with Gasteiger partial charge in [-0.05, 0) is 60.9 Å². The van der Waals surface area contributed by atoms with E-state index in [2.05, 4.69) is 5.32 Å². The summed E-state index contributed by atoms with van der Waals surface area (Å²) in [6.07, 6.45) is 1.53. The highest BCUT2D eigenvalue weighted by molar-refractivity contribution is 6.42. The highest BCUT2D eigenvalue weighted by Gasteiger charge is 2.15. The molecule has 0 spiro atoms. The molecule has 1 amide bonds. The maximum absolute atomic E-state index is 12.7. The standard InChI is InChI=1S/C27H24Cl2N2O3/c1-3-33-26-15-19(10-12-25(26)34-17-20-9-11-23(28)24(29)14-20)13-22(16-30)27(32)31-18(2)21-7-5-4-6-8-21/h4-15,18H,3,17H2,1-2H3,(H,31,32)/b22-13+/t18-/m0/s1. The summed E-state index contributed by atoms with van der Waals surface area (Å²) in [5.41, 5.74) is 2.45. The number of hydrogen-bond donors (Lipinski definition) is 1. The van der Waals surface area contributed by atoms with Crippen LogP contribution in [0.4, 0.5) is 0 Å². The summed E-state index contributed by atoms with van der Waals surface area (Å²) in [6, 6.07) is 21.8. The number of halogens is 2. The van der Waals surface area contributed by atoms with E-state index in [0.717, 1.165) is 11.1 Å². The van der Waals surface area contributed by atoms with Gasteiger partial charge in [0.25, 0.3) is 5.91 Å². The third kappa shape index (κ3) is 6.77. The molecule has 5 nitrogen and oxygen atoms in total. The molecular weight excluding hydrogens is 471 g/mol. The normalized spacial score (nSPS) is 11.9. The summed E-state index contributed by atoms with van der Waals surface area (Å²) in [6.45, 7) is 4.44. The van der Waals surface area contributed by atoms with Crippen LogP contribution in [0, 0.1) is 11.3 Å². The Morgan fingerprint density at radius 1 is 1.03 bits per heavy atom. The van der Waals surface area contributed by atoms with E-state index in [1.165, 1.54) is 6.08 Å². The van der Waals surface area contributed by atoms with Crippen molar-refractivity contribution in [1.82, 2.24) is 5.32 Å². The van der Waals surface area contributed by atoms with Gasteiger partial charge >= 0.3 is 0 Å². The van der Waals surface area contributed by atoms with Crippen molar-refractivity contribution < 1.29 is 14.3 Å². The van der Waals surface area contributed by atoms with E-state index in [4.69, 9.17) is 32.7 Å². The molecule has 1 N–H and O–H groups in total. The zero-order valence-corrected chi connectivity index (χ0v) is 20.4. The number of nitrogens with zero attached hydrogens (tertiary/aromatic N) is 1. The van der Waals surface area contributed by atoms with Crippen LogP contribution in [0.1, 0.15) is 36.6 Å². The second kappa shape index (κ2) is 12.1. The highest BCUT2D eigenvalue weighted by Crippen LogP contribution is 2.31. The number of rotatable bonds is 9. The van der Waals surface area contributed by atoms with Gasteiger partial charge in [-0.2, -0.15) is 5.26 Å². The zero-order chi connectivity index (χ0) is 24.5. The first-order valence-corrected chi connectivity index (χ1v) is 11.5. The smallest absolute Gasteiger partial charge is 0.262 e. The second-order valence-corrected chi connectivity index (χ2v) is 8.27. The summed E-state index contributed by atoms with van der Waals surface area (Å²) in [4.78, 5) is 12.7. The van der Waals surface area contributed by atoms with Crippen molar-refractivity contribution in [3.8, 4) is 17.6 Å². The van der Waals surface area contributed by atoms with Gasteiger partial charge in [0.05, 0.1) is 22.7 Å². The summed E-state index contributed by atoms with van der Waals surface area (Å²) >= 11 is 12.0. The van der Waals surface area contributed by atoms with Gasteiger partial charge in [0.1, 0.15) is 18.2 Å². The Balaban J connectivity index is 1.75. The zero-order valence-electron chi connectivity index (χ0n) is 18.8. The average Bonchev–Trinajstić information content (AvgIpc) is 2.84. The monoisotopic (exact) mass is 494 g/mol. The van der Waals surface area contributed by atoms with Gasteiger partial charge in [-0.3, -0.25) is 4.79 Å². The quantitative estimate of drug-likeness (QED) is 0.263. The molecular formula is C27H24Cl2N2O3. The Morgan fingerprint density at radius 2 is 1.79 bits per heavy atom. The summed E-state index contributed by atoms with van der Waals surface area (Å²) < 4.78 is 11.6. The second-order valence-electron chi connectivity index (χ2n) is 7.45. The van der Waals surface area contributed by atoms with E-state index >= 15 is 0 Å². The van der Waals surface area contributed by atoms with Gasteiger partial charge in [0, 0.05) is 0 Å². The molecule has 0 heterocycles. The Hall–Kier alpha value is -3.46. The third-order valence-electron chi connectivity index (χ3n) is 4.97. The van der Waals surface area contributed by atoms with Crippen LogP contribution in [-0.2, 0) is 11.4 Å². The number of amides is 1. The molecule has 0 saturated heterocycles. The number of carbonyl (C=O) groups excluding carboxylic acids is 1. The van der Waals surface area contributed by atoms with E-state index in [1.807, 2.05) is 56.3 Å². The summed E-state index contributed by atoms with van der Waals surface area (Å²) in [5, 5.41) is 13.4. The predicted molar refractivity (Wildman–Crippen MR) is 135 cm³/mol. The van der Waals surface area contributed by atoms with E-state index in [9.17, 15) is 10.1 Å². The first-order valence-electron chi connectivity index (χ1n) is 10.7.